The number of hydrogen-bond acceptors (Lipinski definition) is 3. The molecule has 0 saturated heterocycles. The van der Waals surface area contributed by atoms with Crippen molar-refractivity contribution >= 4 is 22.5 Å². The Morgan fingerprint density at radius 1 is 1.00 bits per heavy atom. The number of Topliss-reactive ketones (excluding diaryl/α,β-unsaturated/α-hetero) is 1. The average Bonchev–Trinajstić information content (AvgIpc) is 3.00. The van der Waals surface area contributed by atoms with Crippen LogP contribution in [0, 0.1) is 0 Å². The molecular formula is C23H25N3O2. The summed E-state index contributed by atoms with van der Waals surface area (Å²) in [5, 5.41) is 0. The highest BCUT2D eigenvalue weighted by Crippen LogP contribution is 2.21. The predicted molar refractivity (Wildman–Crippen MR) is 113 cm³/mol. The van der Waals surface area contributed by atoms with Crippen LogP contribution in [0.2, 0.25) is 0 Å². The molecule has 1 aliphatic heterocycles. The average molecular weight is 375 g/mol. The number of ketones is 1. The first-order valence-electron chi connectivity index (χ1n) is 9.81. The molecule has 0 amide bonds. The van der Waals surface area contributed by atoms with Gasteiger partial charge < -0.3 is 0 Å². The number of benzene rings is 2. The lowest BCUT2D eigenvalue weighted by molar-refractivity contribution is 0.0975. The first kappa shape index (κ1) is 18.4. The zero-order chi connectivity index (χ0) is 19.5. The van der Waals surface area contributed by atoms with Crippen molar-refractivity contribution in [3.05, 3.63) is 76.7 Å². The normalized spacial score (nSPS) is 15.0. The summed E-state index contributed by atoms with van der Waals surface area (Å²) in [6.07, 6.45) is 4.40. The van der Waals surface area contributed by atoms with E-state index in [1.807, 2.05) is 66.2 Å². The minimum absolute atomic E-state index is 0.00866. The molecule has 3 aromatic rings. The Morgan fingerprint density at radius 2 is 1.71 bits per heavy atom. The number of fused-ring (bicyclic) bond motifs is 1. The van der Waals surface area contributed by atoms with Crippen LogP contribution in [-0.2, 0) is 7.05 Å². The number of hydrogen-bond donors (Lipinski definition) is 0. The van der Waals surface area contributed by atoms with Crippen molar-refractivity contribution in [1.29, 1.82) is 0 Å². The zero-order valence-electron chi connectivity index (χ0n) is 16.2. The predicted octanol–water partition coefficient (Wildman–Crippen LogP) is 3.55. The lowest BCUT2D eigenvalue weighted by Gasteiger charge is -2.26. The van der Waals surface area contributed by atoms with Crippen molar-refractivity contribution < 1.29 is 4.79 Å². The third-order valence-electron chi connectivity index (χ3n) is 5.49. The quantitative estimate of drug-likeness (QED) is 0.619. The lowest BCUT2D eigenvalue weighted by atomic mass is 10.1. The second-order valence-corrected chi connectivity index (χ2v) is 7.30. The Morgan fingerprint density at radius 3 is 2.43 bits per heavy atom. The monoisotopic (exact) mass is 375 g/mol. The summed E-state index contributed by atoms with van der Waals surface area (Å²) in [4.78, 5) is 27.2. The van der Waals surface area contributed by atoms with Crippen LogP contribution in [0.3, 0.4) is 0 Å². The molecule has 0 N–H and O–H groups in total. The van der Waals surface area contributed by atoms with E-state index in [1.54, 1.807) is 4.57 Å². The number of rotatable bonds is 6. The molecule has 28 heavy (non-hydrogen) atoms. The van der Waals surface area contributed by atoms with E-state index in [4.69, 9.17) is 0 Å². The van der Waals surface area contributed by atoms with Gasteiger partial charge in [0.1, 0.15) is 0 Å². The fourth-order valence-electron chi connectivity index (χ4n) is 3.91. The van der Waals surface area contributed by atoms with Crippen LogP contribution in [0.5, 0.6) is 0 Å². The van der Waals surface area contributed by atoms with Crippen molar-refractivity contribution in [2.24, 2.45) is 7.05 Å². The van der Waals surface area contributed by atoms with Crippen LogP contribution in [0.15, 0.2) is 65.5 Å². The van der Waals surface area contributed by atoms with Crippen molar-refractivity contribution in [2.75, 3.05) is 19.6 Å². The molecule has 2 heterocycles. The zero-order valence-corrected chi connectivity index (χ0v) is 16.2. The van der Waals surface area contributed by atoms with Gasteiger partial charge in [-0.3, -0.25) is 18.8 Å². The molecule has 0 spiro atoms. The standard InChI is InChI=1S/C23H25N3O2/c1-24-20-10-5-6-11-21(20)26(23(24)28)19-13-16-25(17-14-19)15-7-12-22(27)18-8-3-2-4-9-18/h2-6,8-11,13H,7,12,14-17H2,1H3. The molecule has 0 bridgehead atoms. The van der Waals surface area contributed by atoms with Crippen LogP contribution >= 0.6 is 0 Å². The van der Waals surface area contributed by atoms with E-state index < -0.39 is 0 Å². The summed E-state index contributed by atoms with van der Waals surface area (Å²) in [6.45, 7) is 2.61. The first-order valence-corrected chi connectivity index (χ1v) is 9.81. The molecule has 0 saturated carbocycles. The van der Waals surface area contributed by atoms with Crippen LogP contribution in [0.25, 0.3) is 16.7 Å². The van der Waals surface area contributed by atoms with Gasteiger partial charge in [-0.2, -0.15) is 0 Å². The van der Waals surface area contributed by atoms with Gasteiger partial charge in [0.15, 0.2) is 5.78 Å². The number of carbonyl (C=O) groups excluding carboxylic acids is 1. The van der Waals surface area contributed by atoms with Crippen molar-refractivity contribution in [3.63, 3.8) is 0 Å². The number of imidazole rings is 1. The lowest BCUT2D eigenvalue weighted by Crippen LogP contribution is -2.32. The van der Waals surface area contributed by atoms with E-state index in [0.717, 1.165) is 54.8 Å². The fourth-order valence-corrected chi connectivity index (χ4v) is 3.91. The molecule has 1 aliphatic rings. The number of aromatic nitrogens is 2. The summed E-state index contributed by atoms with van der Waals surface area (Å²) < 4.78 is 3.54. The third kappa shape index (κ3) is 3.58. The minimum Gasteiger partial charge on any atom is -0.299 e. The molecule has 5 heteroatoms. The maximum atomic E-state index is 12.7. The van der Waals surface area contributed by atoms with Gasteiger partial charge in [0.2, 0.25) is 0 Å². The SMILES string of the molecule is Cn1c(=O)n(C2=CCN(CCCC(=O)c3ccccc3)CC2)c2ccccc21. The van der Waals surface area contributed by atoms with E-state index in [1.165, 1.54) is 0 Å². The highest BCUT2D eigenvalue weighted by molar-refractivity contribution is 5.95. The highest BCUT2D eigenvalue weighted by atomic mass is 16.1. The summed E-state index contributed by atoms with van der Waals surface area (Å²) >= 11 is 0. The maximum Gasteiger partial charge on any atom is 0.333 e. The number of para-hydroxylation sites is 2. The van der Waals surface area contributed by atoms with Crippen LogP contribution in [0.1, 0.15) is 29.6 Å². The molecule has 144 valence electrons. The third-order valence-corrected chi connectivity index (χ3v) is 5.49. The summed E-state index contributed by atoms with van der Waals surface area (Å²) in [6, 6.07) is 17.4. The fraction of sp³-hybridized carbons (Fsp3) is 0.304. The summed E-state index contributed by atoms with van der Waals surface area (Å²) in [5.74, 6) is 0.205. The summed E-state index contributed by atoms with van der Waals surface area (Å²) in [7, 11) is 1.82. The number of aryl methyl sites for hydroxylation is 1. The van der Waals surface area contributed by atoms with Gasteiger partial charge in [-0.05, 0) is 25.1 Å². The van der Waals surface area contributed by atoms with Gasteiger partial charge in [0, 0.05) is 44.2 Å². The Hall–Kier alpha value is -2.92. The molecule has 0 aliphatic carbocycles. The second kappa shape index (κ2) is 7.98. The van der Waals surface area contributed by atoms with E-state index >= 15 is 0 Å². The van der Waals surface area contributed by atoms with Crippen molar-refractivity contribution in [2.45, 2.75) is 19.3 Å². The molecule has 4 rings (SSSR count). The van der Waals surface area contributed by atoms with Crippen LogP contribution in [-0.4, -0.2) is 39.5 Å². The van der Waals surface area contributed by atoms with E-state index in [-0.39, 0.29) is 11.5 Å². The highest BCUT2D eigenvalue weighted by Gasteiger charge is 2.18. The Labute approximate surface area is 164 Å². The van der Waals surface area contributed by atoms with Gasteiger partial charge >= 0.3 is 5.69 Å². The van der Waals surface area contributed by atoms with E-state index in [9.17, 15) is 9.59 Å². The van der Waals surface area contributed by atoms with Gasteiger partial charge in [0.05, 0.1) is 11.0 Å². The molecule has 5 nitrogen and oxygen atoms in total. The van der Waals surface area contributed by atoms with Gasteiger partial charge in [0.25, 0.3) is 0 Å². The number of nitrogens with zero attached hydrogens (tertiary/aromatic N) is 3. The molecule has 0 radical (unpaired) electrons. The summed E-state index contributed by atoms with van der Waals surface area (Å²) in [5.41, 5.74) is 3.78. The maximum absolute atomic E-state index is 12.7. The van der Waals surface area contributed by atoms with Gasteiger partial charge in [-0.15, -0.1) is 0 Å². The first-order chi connectivity index (χ1) is 13.6. The topological polar surface area (TPSA) is 47.2 Å². The van der Waals surface area contributed by atoms with E-state index in [2.05, 4.69) is 11.0 Å². The molecule has 0 fully saturated rings. The molecular weight excluding hydrogens is 350 g/mol. The molecule has 1 aromatic heterocycles. The van der Waals surface area contributed by atoms with Crippen molar-refractivity contribution in [1.82, 2.24) is 14.0 Å². The Bertz CT molecular complexity index is 1080. The van der Waals surface area contributed by atoms with Crippen LogP contribution < -0.4 is 5.69 Å². The largest absolute Gasteiger partial charge is 0.333 e. The molecule has 0 atom stereocenters. The Balaban J connectivity index is 1.39. The Kier molecular flexibility index (Phi) is 5.26. The smallest absolute Gasteiger partial charge is 0.299 e. The minimum atomic E-state index is 0.00866. The van der Waals surface area contributed by atoms with Gasteiger partial charge in [-0.1, -0.05) is 48.5 Å². The van der Waals surface area contributed by atoms with E-state index in [0.29, 0.717) is 6.42 Å². The van der Waals surface area contributed by atoms with Crippen molar-refractivity contribution in [3.8, 4) is 0 Å². The molecule has 2 aromatic carbocycles. The second-order valence-electron chi connectivity index (χ2n) is 7.30. The van der Waals surface area contributed by atoms with Crippen LogP contribution in [0.4, 0.5) is 0 Å². The van der Waals surface area contributed by atoms with Gasteiger partial charge in [-0.25, -0.2) is 4.79 Å². The molecule has 0 unspecified atom stereocenters. The number of carbonyl (C=O) groups is 1.